The number of nitrogens with zero attached hydrogens (tertiary/aromatic N) is 1. The predicted octanol–water partition coefficient (Wildman–Crippen LogP) is -1.14. The number of likely N-dealkylation sites (tertiary alicyclic amines) is 1. The summed E-state index contributed by atoms with van der Waals surface area (Å²) in [6.07, 6.45) is -0.00411. The van der Waals surface area contributed by atoms with Crippen molar-refractivity contribution < 1.29 is 23.1 Å². The summed E-state index contributed by atoms with van der Waals surface area (Å²) < 4.78 is 24.6. The van der Waals surface area contributed by atoms with Crippen molar-refractivity contribution in [2.24, 2.45) is 5.92 Å². The van der Waals surface area contributed by atoms with E-state index in [2.05, 4.69) is 4.72 Å². The zero-order valence-electron chi connectivity index (χ0n) is 9.55. The summed E-state index contributed by atoms with van der Waals surface area (Å²) in [5.41, 5.74) is 0. The molecule has 0 aromatic heterocycles. The van der Waals surface area contributed by atoms with Crippen molar-refractivity contribution in [2.75, 3.05) is 25.4 Å². The molecular weight excluding hydrogens is 248 g/mol. The summed E-state index contributed by atoms with van der Waals surface area (Å²) in [5.74, 6) is -1.92. The molecule has 1 rings (SSSR count). The molecule has 1 fully saturated rings. The fourth-order valence-corrected chi connectivity index (χ4v) is 2.20. The number of carboxylic acid groups (broad SMARTS) is 1. The van der Waals surface area contributed by atoms with Gasteiger partial charge in [-0.1, -0.05) is 0 Å². The minimum Gasteiger partial charge on any atom is -0.481 e. The maximum Gasteiger partial charge on any atom is 0.308 e. The summed E-state index contributed by atoms with van der Waals surface area (Å²) in [7, 11) is -3.26. The van der Waals surface area contributed by atoms with Gasteiger partial charge in [0.15, 0.2) is 0 Å². The molecule has 17 heavy (non-hydrogen) atoms. The lowest BCUT2D eigenvalue weighted by atomic mass is 10.1. The van der Waals surface area contributed by atoms with Crippen LogP contribution in [0.3, 0.4) is 0 Å². The molecule has 0 aromatic carbocycles. The van der Waals surface area contributed by atoms with Crippen molar-refractivity contribution in [3.8, 4) is 0 Å². The van der Waals surface area contributed by atoms with E-state index in [4.69, 9.17) is 5.11 Å². The van der Waals surface area contributed by atoms with Gasteiger partial charge in [0.2, 0.25) is 15.9 Å². The molecule has 1 unspecified atom stereocenters. The van der Waals surface area contributed by atoms with E-state index in [-0.39, 0.29) is 37.7 Å². The van der Waals surface area contributed by atoms with Crippen LogP contribution in [0.15, 0.2) is 0 Å². The molecule has 1 saturated heterocycles. The molecule has 1 aliphatic rings. The molecule has 0 radical (unpaired) electrons. The average Bonchev–Trinajstić information content (AvgIpc) is 2.60. The molecule has 8 heteroatoms. The van der Waals surface area contributed by atoms with Crippen LogP contribution in [0.25, 0.3) is 0 Å². The van der Waals surface area contributed by atoms with Gasteiger partial charge in [0, 0.05) is 26.1 Å². The zero-order valence-corrected chi connectivity index (χ0v) is 10.4. The molecule has 2 N–H and O–H groups in total. The summed E-state index contributed by atoms with van der Waals surface area (Å²) in [5, 5.41) is 8.75. The van der Waals surface area contributed by atoms with Gasteiger partial charge in [-0.25, -0.2) is 13.1 Å². The number of nitrogens with one attached hydrogen (secondary N) is 1. The number of hydrogen-bond donors (Lipinski definition) is 2. The molecule has 0 aliphatic carbocycles. The molecule has 1 atom stereocenters. The fraction of sp³-hybridized carbons (Fsp3) is 0.778. The van der Waals surface area contributed by atoms with Crippen LogP contribution in [0.1, 0.15) is 13.3 Å². The lowest BCUT2D eigenvalue weighted by Crippen LogP contribution is -2.36. The van der Waals surface area contributed by atoms with Gasteiger partial charge in [0.05, 0.1) is 11.7 Å². The highest BCUT2D eigenvalue weighted by Gasteiger charge is 2.33. The van der Waals surface area contributed by atoms with Gasteiger partial charge in [-0.15, -0.1) is 0 Å². The number of sulfonamides is 1. The fourth-order valence-electron chi connectivity index (χ4n) is 1.59. The number of carbonyl (C=O) groups excluding carboxylic acids is 1. The van der Waals surface area contributed by atoms with Crippen molar-refractivity contribution in [3.63, 3.8) is 0 Å². The Bertz CT molecular complexity index is 406. The Morgan fingerprint density at radius 1 is 1.59 bits per heavy atom. The quantitative estimate of drug-likeness (QED) is 0.631. The number of carbonyl (C=O) groups is 2. The first kappa shape index (κ1) is 13.9. The van der Waals surface area contributed by atoms with Crippen LogP contribution in [-0.4, -0.2) is 55.7 Å². The Labute approximate surface area is 99.8 Å². The minimum atomic E-state index is -3.26. The van der Waals surface area contributed by atoms with Crippen LogP contribution in [0, 0.1) is 5.92 Å². The maximum absolute atomic E-state index is 11.4. The van der Waals surface area contributed by atoms with Gasteiger partial charge in [-0.05, 0) is 6.92 Å². The average molecular weight is 264 g/mol. The van der Waals surface area contributed by atoms with E-state index in [1.807, 2.05) is 0 Å². The zero-order chi connectivity index (χ0) is 13.1. The highest BCUT2D eigenvalue weighted by Crippen LogP contribution is 2.17. The van der Waals surface area contributed by atoms with Crippen molar-refractivity contribution in [2.45, 2.75) is 13.3 Å². The van der Waals surface area contributed by atoms with E-state index in [9.17, 15) is 18.0 Å². The minimum absolute atomic E-state index is 0.00411. The molecule has 0 saturated carbocycles. The van der Waals surface area contributed by atoms with Crippen molar-refractivity contribution in [1.82, 2.24) is 9.62 Å². The van der Waals surface area contributed by atoms with Gasteiger partial charge < -0.3 is 10.0 Å². The van der Waals surface area contributed by atoms with Gasteiger partial charge in [-0.2, -0.15) is 0 Å². The Morgan fingerprint density at radius 2 is 2.24 bits per heavy atom. The van der Waals surface area contributed by atoms with Gasteiger partial charge in [-0.3, -0.25) is 9.59 Å². The first-order chi connectivity index (χ1) is 7.85. The maximum atomic E-state index is 11.4. The number of carboxylic acids is 1. The molecule has 0 bridgehead atoms. The number of amides is 1. The van der Waals surface area contributed by atoms with E-state index in [1.54, 1.807) is 0 Å². The predicted molar refractivity (Wildman–Crippen MR) is 59.8 cm³/mol. The lowest BCUT2D eigenvalue weighted by molar-refractivity contribution is -0.141. The van der Waals surface area contributed by atoms with E-state index >= 15 is 0 Å². The second-order valence-electron chi connectivity index (χ2n) is 3.88. The normalized spacial score (nSPS) is 20.9. The largest absolute Gasteiger partial charge is 0.481 e. The second kappa shape index (κ2) is 5.46. The Morgan fingerprint density at radius 3 is 2.71 bits per heavy atom. The van der Waals surface area contributed by atoms with Crippen molar-refractivity contribution >= 4 is 21.9 Å². The van der Waals surface area contributed by atoms with E-state index in [0.29, 0.717) is 0 Å². The Balaban J connectivity index is 2.39. The van der Waals surface area contributed by atoms with E-state index in [1.165, 1.54) is 11.8 Å². The van der Waals surface area contributed by atoms with Crippen molar-refractivity contribution in [3.05, 3.63) is 0 Å². The van der Waals surface area contributed by atoms with Crippen LogP contribution < -0.4 is 4.72 Å². The third kappa shape index (κ3) is 3.97. The van der Waals surface area contributed by atoms with Crippen LogP contribution in [0.4, 0.5) is 0 Å². The van der Waals surface area contributed by atoms with Crippen LogP contribution >= 0.6 is 0 Å². The smallest absolute Gasteiger partial charge is 0.308 e. The second-order valence-corrected chi connectivity index (χ2v) is 5.97. The Hall–Kier alpha value is -1.15. The number of hydrogen-bond acceptors (Lipinski definition) is 4. The van der Waals surface area contributed by atoms with Gasteiger partial charge >= 0.3 is 5.97 Å². The van der Waals surface area contributed by atoms with Gasteiger partial charge in [0.25, 0.3) is 0 Å². The SMILES string of the molecule is CCS(=O)(=O)NCCN1CC(C(=O)O)CC1=O. The topological polar surface area (TPSA) is 104 Å². The summed E-state index contributed by atoms with van der Waals surface area (Å²) >= 11 is 0. The molecule has 1 aliphatic heterocycles. The molecule has 0 spiro atoms. The molecule has 0 aromatic rings. The highest BCUT2D eigenvalue weighted by molar-refractivity contribution is 7.89. The van der Waals surface area contributed by atoms with E-state index < -0.39 is 21.9 Å². The highest BCUT2D eigenvalue weighted by atomic mass is 32.2. The third-order valence-corrected chi connectivity index (χ3v) is 4.05. The molecule has 7 nitrogen and oxygen atoms in total. The van der Waals surface area contributed by atoms with Gasteiger partial charge in [0.1, 0.15) is 0 Å². The van der Waals surface area contributed by atoms with Crippen LogP contribution in [0.2, 0.25) is 0 Å². The Kier molecular flexibility index (Phi) is 4.47. The molecular formula is C9H16N2O5S. The summed E-state index contributed by atoms with van der Waals surface area (Å²) in [6.45, 7) is 2.00. The van der Waals surface area contributed by atoms with Crippen LogP contribution in [-0.2, 0) is 19.6 Å². The lowest BCUT2D eigenvalue weighted by Gasteiger charge is -2.15. The monoisotopic (exact) mass is 264 g/mol. The summed E-state index contributed by atoms with van der Waals surface area (Å²) in [6, 6.07) is 0. The van der Waals surface area contributed by atoms with Crippen LogP contribution in [0.5, 0.6) is 0 Å². The molecule has 98 valence electrons. The number of aliphatic carboxylic acids is 1. The van der Waals surface area contributed by atoms with E-state index in [0.717, 1.165) is 0 Å². The standard InChI is InChI=1S/C9H16N2O5S/c1-2-17(15,16)10-3-4-11-6-7(9(13)14)5-8(11)12/h7,10H,2-6H2,1H3,(H,13,14). The summed E-state index contributed by atoms with van der Waals surface area (Å²) in [4.78, 5) is 23.5. The first-order valence-electron chi connectivity index (χ1n) is 5.33. The first-order valence-corrected chi connectivity index (χ1v) is 6.99. The van der Waals surface area contributed by atoms with Crippen molar-refractivity contribution in [1.29, 1.82) is 0 Å². The molecule has 1 amide bonds. The molecule has 1 heterocycles. The third-order valence-electron chi connectivity index (χ3n) is 2.65. The number of rotatable bonds is 6.